The summed E-state index contributed by atoms with van der Waals surface area (Å²) in [6.07, 6.45) is 31.3. The van der Waals surface area contributed by atoms with Gasteiger partial charge in [0.05, 0.1) is 5.60 Å². The number of hydrogen-bond donors (Lipinski definition) is 1. The monoisotopic (exact) mass is 504 g/mol. The Kier molecular flexibility index (Phi) is 23.2. The van der Waals surface area contributed by atoms with Gasteiger partial charge in [-0.1, -0.05) is 162 Å². The quantitative estimate of drug-likeness (QED) is 0.0892. The van der Waals surface area contributed by atoms with Crippen LogP contribution < -0.4 is 0 Å². The Hall–Kier alpha value is -0.130. The molecule has 0 spiro atoms. The zero-order valence-electron chi connectivity index (χ0n) is 23.3. The summed E-state index contributed by atoms with van der Waals surface area (Å²) in [5.74, 6) is 0. The third kappa shape index (κ3) is 25.0. The van der Waals surface area contributed by atoms with Gasteiger partial charge in [0.2, 0.25) is 0 Å². The fourth-order valence-electron chi connectivity index (χ4n) is 4.97. The first kappa shape index (κ1) is 33.9. The molecule has 0 aliphatic heterocycles. The van der Waals surface area contributed by atoms with Crippen molar-refractivity contribution >= 4 is 10.4 Å². The van der Waals surface area contributed by atoms with Gasteiger partial charge in [0.1, 0.15) is 0 Å². The van der Waals surface area contributed by atoms with Gasteiger partial charge >= 0.3 is 10.4 Å². The zero-order chi connectivity index (χ0) is 25.4. The topological polar surface area (TPSA) is 63.6 Å². The first-order valence-corrected chi connectivity index (χ1v) is 16.4. The summed E-state index contributed by atoms with van der Waals surface area (Å²) in [6, 6.07) is 0. The van der Waals surface area contributed by atoms with Crippen molar-refractivity contribution in [1.82, 2.24) is 0 Å². The summed E-state index contributed by atoms with van der Waals surface area (Å²) in [4.78, 5) is 0. The summed E-state index contributed by atoms with van der Waals surface area (Å²) in [5, 5.41) is 0. The molecule has 0 saturated carbocycles. The summed E-state index contributed by atoms with van der Waals surface area (Å²) in [7, 11) is -4.40. The molecule has 4 nitrogen and oxygen atoms in total. The Balaban J connectivity index is 3.56. The first-order chi connectivity index (χ1) is 16.3. The van der Waals surface area contributed by atoms with E-state index in [1.807, 2.05) is 6.92 Å². The van der Waals surface area contributed by atoms with Gasteiger partial charge in [-0.2, -0.15) is 8.42 Å². The largest absolute Gasteiger partial charge is 0.397 e. The molecule has 1 N–H and O–H groups in total. The molecule has 0 heterocycles. The highest BCUT2D eigenvalue weighted by molar-refractivity contribution is 7.80. The van der Waals surface area contributed by atoms with Crippen molar-refractivity contribution < 1.29 is 17.2 Å². The third-order valence-electron chi connectivity index (χ3n) is 7.17. The average molecular weight is 505 g/mol. The van der Waals surface area contributed by atoms with E-state index in [-0.39, 0.29) is 0 Å². The number of hydrogen-bond acceptors (Lipinski definition) is 3. The normalized spacial score (nSPS) is 13.9. The second-order valence-electron chi connectivity index (χ2n) is 10.9. The predicted molar refractivity (Wildman–Crippen MR) is 148 cm³/mol. The molecule has 1 unspecified atom stereocenters. The van der Waals surface area contributed by atoms with E-state index in [1.165, 1.54) is 109 Å². The van der Waals surface area contributed by atoms with Crippen LogP contribution in [0.5, 0.6) is 0 Å². The highest BCUT2D eigenvalue weighted by Crippen LogP contribution is 2.28. The molecule has 1 atom stereocenters. The van der Waals surface area contributed by atoms with Crippen LogP contribution in [0.2, 0.25) is 0 Å². The summed E-state index contributed by atoms with van der Waals surface area (Å²) < 4.78 is 36.8. The highest BCUT2D eigenvalue weighted by atomic mass is 32.3. The summed E-state index contributed by atoms with van der Waals surface area (Å²) in [5.41, 5.74) is -0.768. The van der Waals surface area contributed by atoms with Crippen molar-refractivity contribution in [2.45, 2.75) is 187 Å². The highest BCUT2D eigenvalue weighted by Gasteiger charge is 2.29. The second-order valence-corrected chi connectivity index (χ2v) is 11.9. The zero-order valence-corrected chi connectivity index (χ0v) is 24.1. The Labute approximate surface area is 214 Å². The lowest BCUT2D eigenvalue weighted by Crippen LogP contribution is -2.31. The van der Waals surface area contributed by atoms with Gasteiger partial charge < -0.3 is 0 Å². The lowest BCUT2D eigenvalue weighted by molar-refractivity contribution is 0.0576. The van der Waals surface area contributed by atoms with Gasteiger partial charge in [-0.05, 0) is 19.8 Å². The molecule has 0 aromatic heterocycles. The fraction of sp³-hybridized carbons (Fsp3) is 1.00. The van der Waals surface area contributed by atoms with E-state index in [4.69, 9.17) is 8.74 Å². The molecule has 206 valence electrons. The van der Waals surface area contributed by atoms with Gasteiger partial charge in [-0.3, -0.25) is 4.55 Å². The van der Waals surface area contributed by atoms with Gasteiger partial charge in [0, 0.05) is 0 Å². The second kappa shape index (κ2) is 23.3. The number of rotatable bonds is 27. The minimum atomic E-state index is -4.40. The Morgan fingerprint density at radius 2 is 0.735 bits per heavy atom. The predicted octanol–water partition coefficient (Wildman–Crippen LogP) is 10.4. The van der Waals surface area contributed by atoms with E-state index >= 15 is 0 Å². The van der Waals surface area contributed by atoms with Gasteiger partial charge in [0.15, 0.2) is 0 Å². The number of unbranched alkanes of at least 4 members (excludes halogenated alkanes) is 21. The van der Waals surface area contributed by atoms with Crippen LogP contribution in [0.25, 0.3) is 0 Å². The molecule has 0 aromatic rings. The molecule has 0 amide bonds. The molecule has 0 saturated heterocycles. The molecule has 34 heavy (non-hydrogen) atoms. The van der Waals surface area contributed by atoms with Gasteiger partial charge in [0.25, 0.3) is 0 Å². The van der Waals surface area contributed by atoms with Crippen LogP contribution in [0, 0.1) is 0 Å². The standard InChI is InChI=1S/C29H60O4S/c1-4-6-8-10-11-12-13-14-15-16-17-18-19-20-21-22-23-24-26-28-29(3,33-34(30,31)32)27-25-9-7-5-2/h4-28H2,1-3H3,(H,30,31,32). The lowest BCUT2D eigenvalue weighted by Gasteiger charge is -2.27. The summed E-state index contributed by atoms with van der Waals surface area (Å²) >= 11 is 0. The van der Waals surface area contributed by atoms with E-state index in [0.717, 1.165) is 38.5 Å². The van der Waals surface area contributed by atoms with Crippen LogP contribution in [0.15, 0.2) is 0 Å². The van der Waals surface area contributed by atoms with Crippen molar-refractivity contribution in [3.8, 4) is 0 Å². The molecule has 0 fully saturated rings. The first-order valence-electron chi connectivity index (χ1n) is 15.0. The average Bonchev–Trinajstić information content (AvgIpc) is 2.77. The van der Waals surface area contributed by atoms with Gasteiger partial charge in [-0.25, -0.2) is 4.18 Å². The Morgan fingerprint density at radius 1 is 0.500 bits per heavy atom. The van der Waals surface area contributed by atoms with Crippen molar-refractivity contribution in [3.05, 3.63) is 0 Å². The van der Waals surface area contributed by atoms with E-state index in [1.54, 1.807) is 0 Å². The van der Waals surface area contributed by atoms with Gasteiger partial charge in [-0.15, -0.1) is 0 Å². The van der Waals surface area contributed by atoms with E-state index < -0.39 is 16.0 Å². The van der Waals surface area contributed by atoms with E-state index in [9.17, 15) is 8.42 Å². The Morgan fingerprint density at radius 3 is 1.00 bits per heavy atom. The van der Waals surface area contributed by atoms with Crippen LogP contribution in [0.4, 0.5) is 0 Å². The molecular weight excluding hydrogens is 444 g/mol. The van der Waals surface area contributed by atoms with Crippen molar-refractivity contribution in [2.24, 2.45) is 0 Å². The summed E-state index contributed by atoms with van der Waals surface area (Å²) in [6.45, 7) is 6.28. The van der Waals surface area contributed by atoms with Crippen molar-refractivity contribution in [2.75, 3.05) is 0 Å². The Bertz CT molecular complexity index is 520. The SMILES string of the molecule is CCCCCCCCCCCCCCCCCCCCCC(C)(CCCCCC)OS(=O)(=O)O. The molecular formula is C29H60O4S. The molecule has 0 aromatic carbocycles. The molecule has 0 bridgehead atoms. The van der Waals surface area contributed by atoms with E-state index in [0.29, 0.717) is 12.8 Å². The molecule has 5 heteroatoms. The van der Waals surface area contributed by atoms with Crippen LogP contribution >= 0.6 is 0 Å². The van der Waals surface area contributed by atoms with Crippen LogP contribution in [-0.4, -0.2) is 18.6 Å². The molecule has 0 aliphatic rings. The van der Waals surface area contributed by atoms with Crippen molar-refractivity contribution in [3.63, 3.8) is 0 Å². The maximum atomic E-state index is 11.3. The van der Waals surface area contributed by atoms with Crippen LogP contribution in [-0.2, 0) is 14.6 Å². The smallest absolute Gasteiger partial charge is 0.264 e. The molecule has 0 radical (unpaired) electrons. The maximum Gasteiger partial charge on any atom is 0.397 e. The minimum absolute atomic E-state index is 0.686. The molecule has 0 aliphatic carbocycles. The third-order valence-corrected chi connectivity index (χ3v) is 7.79. The van der Waals surface area contributed by atoms with Crippen molar-refractivity contribution in [1.29, 1.82) is 0 Å². The molecule has 0 rings (SSSR count). The fourth-order valence-corrected chi connectivity index (χ4v) is 5.64. The van der Waals surface area contributed by atoms with Crippen LogP contribution in [0.1, 0.15) is 181 Å². The van der Waals surface area contributed by atoms with Crippen LogP contribution in [0.3, 0.4) is 0 Å². The lowest BCUT2D eigenvalue weighted by atomic mass is 9.91. The minimum Gasteiger partial charge on any atom is -0.264 e. The van der Waals surface area contributed by atoms with E-state index in [2.05, 4.69) is 13.8 Å². The maximum absolute atomic E-state index is 11.3.